The van der Waals surface area contributed by atoms with Crippen molar-refractivity contribution in [1.82, 2.24) is 0 Å². The predicted octanol–water partition coefficient (Wildman–Crippen LogP) is 2.95. The first-order valence-corrected chi connectivity index (χ1v) is 10.0. The lowest BCUT2D eigenvalue weighted by atomic mass is 9.78. The molecule has 0 radical (unpaired) electrons. The Morgan fingerprint density at radius 3 is 2.04 bits per heavy atom. The number of aliphatic hydroxyl groups is 2. The summed E-state index contributed by atoms with van der Waals surface area (Å²) in [7, 11) is 0. The minimum Gasteiger partial charge on any atom is -0.390 e. The highest BCUT2D eigenvalue weighted by Gasteiger charge is 2.64. The lowest BCUT2D eigenvalue weighted by molar-refractivity contribution is -0.158. The summed E-state index contributed by atoms with van der Waals surface area (Å²) in [6.45, 7) is 11.5. The van der Waals surface area contributed by atoms with Crippen LogP contribution in [0.25, 0.3) is 0 Å². The second-order valence-corrected chi connectivity index (χ2v) is 8.75. The van der Waals surface area contributed by atoms with Gasteiger partial charge in [-0.2, -0.15) is 0 Å². The highest BCUT2D eigenvalue weighted by Crippen LogP contribution is 2.42. The molecular formula is C21H36O5. The first-order chi connectivity index (χ1) is 12.0. The molecule has 0 amide bonds. The van der Waals surface area contributed by atoms with Gasteiger partial charge < -0.3 is 10.2 Å². The summed E-state index contributed by atoms with van der Waals surface area (Å²) < 4.78 is 0. The molecule has 0 bridgehead atoms. The van der Waals surface area contributed by atoms with Gasteiger partial charge in [-0.05, 0) is 37.5 Å². The molecule has 5 nitrogen and oxygen atoms in total. The number of Topliss-reactive ketones (excluding diaryl/α,β-unsaturated/α-hetero) is 3. The van der Waals surface area contributed by atoms with Crippen LogP contribution >= 0.6 is 0 Å². The van der Waals surface area contributed by atoms with Gasteiger partial charge in [-0.15, -0.1) is 0 Å². The van der Waals surface area contributed by atoms with E-state index in [1.165, 1.54) is 0 Å². The molecule has 2 N–H and O–H groups in total. The predicted molar refractivity (Wildman–Crippen MR) is 101 cm³/mol. The molecule has 5 atom stereocenters. The van der Waals surface area contributed by atoms with E-state index in [1.807, 2.05) is 34.6 Å². The molecule has 0 aromatic heterocycles. The molecule has 5 heteroatoms. The maximum atomic E-state index is 13.0. The van der Waals surface area contributed by atoms with Gasteiger partial charge in [0.2, 0.25) is 0 Å². The Balaban J connectivity index is 3.21. The third-order valence-corrected chi connectivity index (χ3v) is 5.76. The van der Waals surface area contributed by atoms with Gasteiger partial charge in [0.1, 0.15) is 5.92 Å². The van der Waals surface area contributed by atoms with Crippen LogP contribution in [0.3, 0.4) is 0 Å². The molecule has 150 valence electrons. The van der Waals surface area contributed by atoms with Crippen LogP contribution in [-0.2, 0) is 14.4 Å². The monoisotopic (exact) mass is 368 g/mol. The number of carbonyl (C=O) groups is 3. The van der Waals surface area contributed by atoms with Gasteiger partial charge in [0.05, 0.1) is 12.0 Å². The van der Waals surface area contributed by atoms with Gasteiger partial charge in [-0.1, -0.05) is 48.0 Å². The Labute approximate surface area is 157 Å². The molecule has 0 aromatic carbocycles. The second kappa shape index (κ2) is 9.23. The van der Waals surface area contributed by atoms with E-state index in [-0.39, 0.29) is 6.42 Å². The zero-order valence-corrected chi connectivity index (χ0v) is 17.1. The van der Waals surface area contributed by atoms with E-state index in [4.69, 9.17) is 0 Å². The molecule has 0 heterocycles. The van der Waals surface area contributed by atoms with Crippen molar-refractivity contribution in [3.63, 3.8) is 0 Å². The van der Waals surface area contributed by atoms with Gasteiger partial charge in [0, 0.05) is 5.92 Å². The molecular weight excluding hydrogens is 332 g/mol. The normalized spacial score (nSPS) is 28.8. The van der Waals surface area contributed by atoms with Gasteiger partial charge in [-0.3, -0.25) is 14.4 Å². The Bertz CT molecular complexity index is 524. The van der Waals surface area contributed by atoms with Crippen LogP contribution in [0.1, 0.15) is 73.6 Å². The van der Waals surface area contributed by atoms with Crippen LogP contribution in [-0.4, -0.2) is 39.3 Å². The molecule has 1 aliphatic rings. The van der Waals surface area contributed by atoms with Gasteiger partial charge >= 0.3 is 0 Å². The van der Waals surface area contributed by atoms with E-state index in [0.29, 0.717) is 37.5 Å². The van der Waals surface area contributed by atoms with Crippen LogP contribution in [0.4, 0.5) is 0 Å². The van der Waals surface area contributed by atoms with Crippen molar-refractivity contribution in [2.75, 3.05) is 0 Å². The molecule has 1 rings (SSSR count). The van der Waals surface area contributed by atoms with E-state index >= 15 is 0 Å². The largest absolute Gasteiger partial charge is 0.390 e. The summed E-state index contributed by atoms with van der Waals surface area (Å²) in [5, 5.41) is 21.8. The van der Waals surface area contributed by atoms with Crippen molar-refractivity contribution in [2.45, 2.75) is 85.4 Å². The lowest BCUT2D eigenvalue weighted by Gasteiger charge is -2.33. The summed E-state index contributed by atoms with van der Waals surface area (Å²) in [5.41, 5.74) is -2.14. The topological polar surface area (TPSA) is 91.7 Å². The Kier molecular flexibility index (Phi) is 8.15. The van der Waals surface area contributed by atoms with E-state index in [0.717, 1.165) is 0 Å². The maximum Gasteiger partial charge on any atom is 0.185 e. The molecule has 0 aromatic rings. The number of ketones is 3. The van der Waals surface area contributed by atoms with E-state index in [2.05, 4.69) is 0 Å². The fraction of sp³-hybridized carbons (Fsp3) is 0.857. The quantitative estimate of drug-likeness (QED) is 0.579. The lowest BCUT2D eigenvalue weighted by Crippen LogP contribution is -2.53. The average molecular weight is 369 g/mol. The van der Waals surface area contributed by atoms with Gasteiger partial charge in [-0.25, -0.2) is 0 Å². The number of hydrogen-bond acceptors (Lipinski definition) is 5. The molecule has 1 fully saturated rings. The standard InChI is InChI=1S/C21H36O5/c1-7-14(6)18(23)17-19(24)15(10-8-12(2)3)21(26,20(17)25)16(22)11-9-13(4)5/h12-17,22,26H,7-11H2,1-6H3/t14?,15?,16-,17?,21-/m1/s1. The van der Waals surface area contributed by atoms with E-state index in [1.54, 1.807) is 6.92 Å². The Morgan fingerprint density at radius 1 is 1.04 bits per heavy atom. The molecule has 3 unspecified atom stereocenters. The smallest absolute Gasteiger partial charge is 0.185 e. The summed E-state index contributed by atoms with van der Waals surface area (Å²) in [6, 6.07) is 0. The summed E-state index contributed by atoms with van der Waals surface area (Å²) in [6.07, 6.45) is 1.02. The third-order valence-electron chi connectivity index (χ3n) is 5.76. The van der Waals surface area contributed by atoms with Crippen molar-refractivity contribution in [3.8, 4) is 0 Å². The highest BCUT2D eigenvalue weighted by molar-refractivity contribution is 6.27. The minimum absolute atomic E-state index is 0.232. The Morgan fingerprint density at radius 2 is 1.58 bits per heavy atom. The molecule has 1 saturated carbocycles. The zero-order valence-electron chi connectivity index (χ0n) is 17.1. The van der Waals surface area contributed by atoms with Crippen LogP contribution in [0.15, 0.2) is 0 Å². The van der Waals surface area contributed by atoms with Crippen LogP contribution in [0.2, 0.25) is 0 Å². The third kappa shape index (κ3) is 4.61. The molecule has 0 aliphatic heterocycles. The number of hydrogen-bond donors (Lipinski definition) is 2. The zero-order chi connectivity index (χ0) is 20.2. The van der Waals surface area contributed by atoms with Crippen LogP contribution in [0.5, 0.6) is 0 Å². The first kappa shape index (κ1) is 23.0. The molecule has 0 saturated heterocycles. The average Bonchev–Trinajstić information content (AvgIpc) is 2.76. The SMILES string of the molecule is CCC(C)C(=O)C1C(=O)C(CCC(C)C)[C@@](O)([C@H](O)CCC(C)C)C1=O. The number of aliphatic hydroxyl groups excluding tert-OH is 1. The molecule has 26 heavy (non-hydrogen) atoms. The number of carbonyl (C=O) groups excluding carboxylic acids is 3. The maximum absolute atomic E-state index is 13.0. The fourth-order valence-corrected chi connectivity index (χ4v) is 3.68. The summed E-state index contributed by atoms with van der Waals surface area (Å²) >= 11 is 0. The van der Waals surface area contributed by atoms with Crippen LogP contribution in [0, 0.1) is 29.6 Å². The van der Waals surface area contributed by atoms with Gasteiger partial charge in [0.25, 0.3) is 0 Å². The Hall–Kier alpha value is -1.07. The minimum atomic E-state index is -2.14. The van der Waals surface area contributed by atoms with Gasteiger partial charge in [0.15, 0.2) is 23.0 Å². The van der Waals surface area contributed by atoms with Crippen molar-refractivity contribution >= 4 is 17.3 Å². The summed E-state index contributed by atoms with van der Waals surface area (Å²) in [4.78, 5) is 38.5. The van der Waals surface area contributed by atoms with Crippen molar-refractivity contribution < 1.29 is 24.6 Å². The van der Waals surface area contributed by atoms with Crippen molar-refractivity contribution in [3.05, 3.63) is 0 Å². The number of rotatable bonds is 10. The van der Waals surface area contributed by atoms with E-state index < -0.39 is 46.8 Å². The fourth-order valence-electron chi connectivity index (χ4n) is 3.68. The van der Waals surface area contributed by atoms with E-state index in [9.17, 15) is 24.6 Å². The van der Waals surface area contributed by atoms with Crippen molar-refractivity contribution in [1.29, 1.82) is 0 Å². The summed E-state index contributed by atoms with van der Waals surface area (Å²) in [5.74, 6) is -3.99. The molecule has 1 aliphatic carbocycles. The van der Waals surface area contributed by atoms with Crippen molar-refractivity contribution in [2.24, 2.45) is 29.6 Å². The first-order valence-electron chi connectivity index (χ1n) is 10.0. The van der Waals surface area contributed by atoms with Crippen LogP contribution < -0.4 is 0 Å². The molecule has 0 spiro atoms. The second-order valence-electron chi connectivity index (χ2n) is 8.75. The highest BCUT2D eigenvalue weighted by atomic mass is 16.4.